The van der Waals surface area contributed by atoms with Gasteiger partial charge in [-0.1, -0.05) is 12.5 Å². The minimum atomic E-state index is 0.200. The van der Waals surface area contributed by atoms with E-state index in [1.165, 1.54) is 19.3 Å². The topological polar surface area (TPSA) is 83.5 Å². The summed E-state index contributed by atoms with van der Waals surface area (Å²) in [5.41, 5.74) is 3.14. The number of hydrogen-bond acceptors (Lipinski definition) is 5. The van der Waals surface area contributed by atoms with Gasteiger partial charge in [0.2, 0.25) is 0 Å². The molecule has 1 saturated heterocycles. The maximum Gasteiger partial charge on any atom is 0.191 e. The van der Waals surface area contributed by atoms with Crippen LogP contribution in [0.5, 0.6) is 0 Å². The van der Waals surface area contributed by atoms with Crippen LogP contribution in [0.4, 0.5) is 0 Å². The first-order valence-corrected chi connectivity index (χ1v) is 11.3. The lowest BCUT2D eigenvalue weighted by atomic mass is 10.1. The molecule has 0 aromatic carbocycles. The molecule has 1 aliphatic rings. The Morgan fingerprint density at radius 1 is 1.16 bits per heavy atom. The van der Waals surface area contributed by atoms with Crippen LogP contribution in [0.3, 0.4) is 0 Å². The van der Waals surface area contributed by atoms with Gasteiger partial charge in [-0.15, -0.1) is 0 Å². The van der Waals surface area contributed by atoms with Crippen molar-refractivity contribution in [3.05, 3.63) is 65.5 Å². The van der Waals surface area contributed by atoms with Gasteiger partial charge in [-0.05, 0) is 69.6 Å². The standard InChI is InChI=1S/C24H33N7O/c1-18-14-19(2)31(29-18)23-10-9-20(15-26-23)16-27-24(25-3)28-17-21(22-8-7-13-32-22)30-11-5-4-6-12-30/h7-10,13-15,21H,4-6,11-12,16-17H2,1-3H3,(H2,25,27,28). The Labute approximate surface area is 189 Å². The van der Waals surface area contributed by atoms with Gasteiger partial charge in [0.05, 0.1) is 18.0 Å². The zero-order valence-corrected chi connectivity index (χ0v) is 19.2. The summed E-state index contributed by atoms with van der Waals surface area (Å²) < 4.78 is 7.61. The minimum Gasteiger partial charge on any atom is -0.468 e. The van der Waals surface area contributed by atoms with E-state index in [-0.39, 0.29) is 6.04 Å². The Morgan fingerprint density at radius 2 is 2.00 bits per heavy atom. The van der Waals surface area contributed by atoms with Gasteiger partial charge >= 0.3 is 0 Å². The third-order valence-corrected chi connectivity index (χ3v) is 5.89. The predicted octanol–water partition coefficient (Wildman–Crippen LogP) is 3.37. The summed E-state index contributed by atoms with van der Waals surface area (Å²) in [6, 6.07) is 10.3. The van der Waals surface area contributed by atoms with Crippen LogP contribution in [-0.2, 0) is 6.54 Å². The number of aliphatic imine (C=N–C) groups is 1. The van der Waals surface area contributed by atoms with Crippen molar-refractivity contribution in [2.75, 3.05) is 26.7 Å². The summed E-state index contributed by atoms with van der Waals surface area (Å²) in [5.74, 6) is 2.59. The second kappa shape index (κ2) is 10.5. The smallest absolute Gasteiger partial charge is 0.191 e. The molecule has 170 valence electrons. The fourth-order valence-corrected chi connectivity index (χ4v) is 4.23. The molecule has 4 heterocycles. The highest BCUT2D eigenvalue weighted by Crippen LogP contribution is 2.24. The van der Waals surface area contributed by atoms with Crippen molar-refractivity contribution in [2.45, 2.75) is 45.7 Å². The molecule has 0 aliphatic carbocycles. The average molecular weight is 436 g/mol. The van der Waals surface area contributed by atoms with E-state index >= 15 is 0 Å². The zero-order valence-electron chi connectivity index (χ0n) is 19.2. The normalized spacial score (nSPS) is 16.2. The van der Waals surface area contributed by atoms with E-state index in [0.29, 0.717) is 6.54 Å². The molecule has 1 fully saturated rings. The number of guanidine groups is 1. The molecular weight excluding hydrogens is 402 g/mol. The number of aromatic nitrogens is 3. The van der Waals surface area contributed by atoms with Crippen molar-refractivity contribution in [1.29, 1.82) is 0 Å². The van der Waals surface area contributed by atoms with Crippen LogP contribution in [0, 0.1) is 13.8 Å². The number of nitrogens with one attached hydrogen (secondary N) is 2. The SMILES string of the molecule is CN=C(NCc1ccc(-n2nc(C)cc2C)nc1)NCC(c1ccco1)N1CCCCC1. The van der Waals surface area contributed by atoms with Gasteiger partial charge in [-0.2, -0.15) is 5.10 Å². The van der Waals surface area contributed by atoms with E-state index < -0.39 is 0 Å². The first-order chi connectivity index (χ1) is 15.6. The fraction of sp³-hybridized carbons (Fsp3) is 0.458. The molecule has 4 rings (SSSR count). The van der Waals surface area contributed by atoms with Crippen LogP contribution in [-0.4, -0.2) is 52.3 Å². The van der Waals surface area contributed by atoms with Crippen LogP contribution >= 0.6 is 0 Å². The minimum absolute atomic E-state index is 0.200. The molecular formula is C24H33N7O. The lowest BCUT2D eigenvalue weighted by Crippen LogP contribution is -2.44. The summed E-state index contributed by atoms with van der Waals surface area (Å²) in [4.78, 5) is 11.5. The molecule has 8 heteroatoms. The summed E-state index contributed by atoms with van der Waals surface area (Å²) in [7, 11) is 1.79. The number of aryl methyl sites for hydroxylation is 2. The number of piperidine rings is 1. The van der Waals surface area contributed by atoms with Gasteiger partial charge in [0.15, 0.2) is 11.8 Å². The molecule has 8 nitrogen and oxygen atoms in total. The van der Waals surface area contributed by atoms with Crippen molar-refractivity contribution in [1.82, 2.24) is 30.3 Å². The third kappa shape index (κ3) is 5.37. The fourth-order valence-electron chi connectivity index (χ4n) is 4.23. The second-order valence-electron chi connectivity index (χ2n) is 8.30. The van der Waals surface area contributed by atoms with Gasteiger partial charge in [-0.25, -0.2) is 9.67 Å². The van der Waals surface area contributed by atoms with E-state index in [9.17, 15) is 0 Å². The number of pyridine rings is 1. The van der Waals surface area contributed by atoms with Crippen LogP contribution in [0.2, 0.25) is 0 Å². The first kappa shape index (κ1) is 22.1. The van der Waals surface area contributed by atoms with Crippen molar-refractivity contribution < 1.29 is 4.42 Å². The molecule has 32 heavy (non-hydrogen) atoms. The summed E-state index contributed by atoms with van der Waals surface area (Å²) in [6.45, 7) is 7.61. The number of likely N-dealkylation sites (tertiary alicyclic amines) is 1. The quantitative estimate of drug-likeness (QED) is 0.437. The van der Waals surface area contributed by atoms with Crippen molar-refractivity contribution in [3.8, 4) is 5.82 Å². The van der Waals surface area contributed by atoms with Crippen LogP contribution in [0.25, 0.3) is 5.82 Å². The Hall–Kier alpha value is -3.13. The van der Waals surface area contributed by atoms with Crippen LogP contribution in [0.1, 0.15) is 48.0 Å². The Balaban J connectivity index is 1.33. The first-order valence-electron chi connectivity index (χ1n) is 11.3. The lowest BCUT2D eigenvalue weighted by Gasteiger charge is -2.33. The Morgan fingerprint density at radius 3 is 2.62 bits per heavy atom. The van der Waals surface area contributed by atoms with E-state index in [4.69, 9.17) is 4.42 Å². The highest BCUT2D eigenvalue weighted by Gasteiger charge is 2.24. The number of nitrogens with zero attached hydrogens (tertiary/aromatic N) is 5. The Bertz CT molecular complexity index is 1000. The summed E-state index contributed by atoms with van der Waals surface area (Å²) >= 11 is 0. The molecule has 3 aromatic heterocycles. The molecule has 1 unspecified atom stereocenters. The van der Waals surface area contributed by atoms with Crippen molar-refractivity contribution in [3.63, 3.8) is 0 Å². The third-order valence-electron chi connectivity index (χ3n) is 5.89. The highest BCUT2D eigenvalue weighted by molar-refractivity contribution is 5.79. The molecule has 0 saturated carbocycles. The van der Waals surface area contributed by atoms with Gasteiger partial charge in [0, 0.05) is 32.0 Å². The maximum atomic E-state index is 5.74. The Kier molecular flexibility index (Phi) is 7.21. The molecule has 0 spiro atoms. The number of hydrogen-bond donors (Lipinski definition) is 2. The average Bonchev–Trinajstić information content (AvgIpc) is 3.46. The molecule has 0 radical (unpaired) electrons. The number of furan rings is 1. The molecule has 3 aromatic rings. The van der Waals surface area contributed by atoms with Crippen molar-refractivity contribution >= 4 is 5.96 Å². The van der Waals surface area contributed by atoms with Crippen LogP contribution < -0.4 is 10.6 Å². The van der Waals surface area contributed by atoms with E-state index in [0.717, 1.165) is 54.1 Å². The second-order valence-corrected chi connectivity index (χ2v) is 8.30. The molecule has 2 N–H and O–H groups in total. The van der Waals surface area contributed by atoms with Gasteiger partial charge in [-0.3, -0.25) is 9.89 Å². The molecule has 0 amide bonds. The summed E-state index contributed by atoms with van der Waals surface area (Å²) in [6.07, 6.45) is 7.42. The highest BCUT2D eigenvalue weighted by atomic mass is 16.3. The zero-order chi connectivity index (χ0) is 22.3. The van der Waals surface area contributed by atoms with Gasteiger partial charge < -0.3 is 15.1 Å². The van der Waals surface area contributed by atoms with Gasteiger partial charge in [0.1, 0.15) is 5.76 Å². The van der Waals surface area contributed by atoms with Crippen molar-refractivity contribution in [2.24, 2.45) is 4.99 Å². The van der Waals surface area contributed by atoms with E-state index in [1.54, 1.807) is 13.3 Å². The van der Waals surface area contributed by atoms with Gasteiger partial charge in [0.25, 0.3) is 0 Å². The molecule has 1 atom stereocenters. The van der Waals surface area contributed by atoms with E-state index in [2.05, 4.69) is 42.7 Å². The molecule has 1 aliphatic heterocycles. The number of rotatable bonds is 7. The van der Waals surface area contributed by atoms with Crippen LogP contribution in [0.15, 0.2) is 52.2 Å². The monoisotopic (exact) mass is 435 g/mol. The summed E-state index contributed by atoms with van der Waals surface area (Å²) in [5, 5.41) is 11.4. The van der Waals surface area contributed by atoms with E-state index in [1.807, 2.05) is 42.9 Å². The lowest BCUT2D eigenvalue weighted by molar-refractivity contribution is 0.146. The predicted molar refractivity (Wildman–Crippen MR) is 126 cm³/mol. The largest absolute Gasteiger partial charge is 0.468 e. The molecule has 0 bridgehead atoms. The maximum absolute atomic E-state index is 5.74.